The zero-order valence-electron chi connectivity index (χ0n) is 11.4. The van der Waals surface area contributed by atoms with Crippen LogP contribution in [0.5, 0.6) is 0 Å². The molecule has 1 heterocycles. The zero-order valence-corrected chi connectivity index (χ0v) is 11.4. The molecule has 0 aromatic rings. The predicted molar refractivity (Wildman–Crippen MR) is 68.8 cm³/mol. The van der Waals surface area contributed by atoms with Crippen LogP contribution in [0.15, 0.2) is 0 Å². The van der Waals surface area contributed by atoms with Crippen molar-refractivity contribution >= 4 is 0 Å². The third kappa shape index (κ3) is 4.81. The zero-order chi connectivity index (χ0) is 12.0. The average Bonchev–Trinajstić information content (AvgIpc) is 2.65. The highest BCUT2D eigenvalue weighted by atomic mass is 16.5. The molecule has 0 aliphatic carbocycles. The molecule has 16 heavy (non-hydrogen) atoms. The van der Waals surface area contributed by atoms with Crippen LogP contribution in [0.4, 0.5) is 0 Å². The maximum absolute atomic E-state index is 5.40. The fourth-order valence-corrected chi connectivity index (χ4v) is 2.40. The molecule has 1 rings (SSSR count). The molecule has 0 saturated carbocycles. The van der Waals surface area contributed by atoms with Gasteiger partial charge in [0.25, 0.3) is 0 Å². The van der Waals surface area contributed by atoms with Crippen molar-refractivity contribution in [2.24, 2.45) is 5.41 Å². The molecule has 1 aliphatic heterocycles. The first-order chi connectivity index (χ1) is 7.57. The molecule has 3 heteroatoms. The SMILES string of the molecule is CCCNCC(C)(C)CN1CCC(OC)C1. The molecule has 1 N–H and O–H groups in total. The van der Waals surface area contributed by atoms with Gasteiger partial charge in [-0.25, -0.2) is 0 Å². The highest BCUT2D eigenvalue weighted by Crippen LogP contribution is 2.20. The minimum Gasteiger partial charge on any atom is -0.380 e. The van der Waals surface area contributed by atoms with Crippen LogP contribution >= 0.6 is 0 Å². The third-order valence-corrected chi connectivity index (χ3v) is 3.24. The van der Waals surface area contributed by atoms with Gasteiger partial charge in [0.1, 0.15) is 0 Å². The summed E-state index contributed by atoms with van der Waals surface area (Å²) in [7, 11) is 1.82. The van der Waals surface area contributed by atoms with Crippen LogP contribution in [-0.4, -0.2) is 50.8 Å². The molecule has 0 radical (unpaired) electrons. The Morgan fingerprint density at radius 3 is 2.75 bits per heavy atom. The Kier molecular flexibility index (Phi) is 5.73. The Labute approximate surface area is 101 Å². The average molecular weight is 228 g/mol. The van der Waals surface area contributed by atoms with Gasteiger partial charge in [0.15, 0.2) is 0 Å². The van der Waals surface area contributed by atoms with Crippen molar-refractivity contribution in [1.82, 2.24) is 10.2 Å². The Bertz CT molecular complexity index is 194. The first-order valence-corrected chi connectivity index (χ1v) is 6.53. The minimum absolute atomic E-state index is 0.359. The number of hydrogen-bond acceptors (Lipinski definition) is 3. The van der Waals surface area contributed by atoms with Gasteiger partial charge in [-0.05, 0) is 24.8 Å². The van der Waals surface area contributed by atoms with Gasteiger partial charge in [0.05, 0.1) is 6.10 Å². The minimum atomic E-state index is 0.359. The van der Waals surface area contributed by atoms with Crippen molar-refractivity contribution in [2.75, 3.05) is 39.8 Å². The van der Waals surface area contributed by atoms with Gasteiger partial charge in [-0.1, -0.05) is 20.8 Å². The third-order valence-electron chi connectivity index (χ3n) is 3.24. The summed E-state index contributed by atoms with van der Waals surface area (Å²) in [6.07, 6.45) is 2.86. The van der Waals surface area contributed by atoms with E-state index in [2.05, 4.69) is 31.0 Å². The van der Waals surface area contributed by atoms with Gasteiger partial charge >= 0.3 is 0 Å². The lowest BCUT2D eigenvalue weighted by atomic mass is 9.92. The molecular formula is C13H28N2O. The largest absolute Gasteiger partial charge is 0.380 e. The lowest BCUT2D eigenvalue weighted by molar-refractivity contribution is 0.101. The highest BCUT2D eigenvalue weighted by Gasteiger charge is 2.27. The van der Waals surface area contributed by atoms with Crippen molar-refractivity contribution in [3.8, 4) is 0 Å². The molecule has 1 atom stereocenters. The van der Waals surface area contributed by atoms with Gasteiger partial charge < -0.3 is 15.0 Å². The van der Waals surface area contributed by atoms with E-state index in [4.69, 9.17) is 4.74 Å². The molecule has 1 saturated heterocycles. The molecule has 0 bridgehead atoms. The number of likely N-dealkylation sites (tertiary alicyclic amines) is 1. The van der Waals surface area contributed by atoms with E-state index in [0.717, 1.165) is 19.6 Å². The summed E-state index contributed by atoms with van der Waals surface area (Å²) in [5.74, 6) is 0. The number of rotatable bonds is 7. The quantitative estimate of drug-likeness (QED) is 0.672. The molecule has 0 spiro atoms. The molecule has 0 amide bonds. The molecule has 0 aromatic heterocycles. The van der Waals surface area contributed by atoms with Gasteiger partial charge in [-0.15, -0.1) is 0 Å². The van der Waals surface area contributed by atoms with Crippen LogP contribution < -0.4 is 5.32 Å². The van der Waals surface area contributed by atoms with E-state index < -0.39 is 0 Å². The van der Waals surface area contributed by atoms with Crippen LogP contribution in [0.2, 0.25) is 0 Å². The maximum Gasteiger partial charge on any atom is 0.0710 e. The van der Waals surface area contributed by atoms with E-state index in [9.17, 15) is 0 Å². The lowest BCUT2D eigenvalue weighted by Crippen LogP contribution is -2.40. The lowest BCUT2D eigenvalue weighted by Gasteiger charge is -2.30. The molecule has 1 aliphatic rings. The van der Waals surface area contributed by atoms with E-state index in [1.807, 2.05) is 7.11 Å². The van der Waals surface area contributed by atoms with Crippen LogP contribution in [0.1, 0.15) is 33.6 Å². The summed E-state index contributed by atoms with van der Waals surface area (Å²) >= 11 is 0. The molecule has 3 nitrogen and oxygen atoms in total. The molecule has 1 fully saturated rings. The Morgan fingerprint density at radius 2 is 2.19 bits per heavy atom. The smallest absolute Gasteiger partial charge is 0.0710 e. The Morgan fingerprint density at radius 1 is 1.44 bits per heavy atom. The summed E-state index contributed by atoms with van der Waals surface area (Å²) < 4.78 is 5.40. The highest BCUT2D eigenvalue weighted by molar-refractivity contribution is 4.82. The molecule has 0 aromatic carbocycles. The van der Waals surface area contributed by atoms with E-state index in [1.165, 1.54) is 25.9 Å². The molecular weight excluding hydrogens is 200 g/mol. The number of nitrogens with zero attached hydrogens (tertiary/aromatic N) is 1. The molecule has 96 valence electrons. The summed E-state index contributed by atoms with van der Waals surface area (Å²) in [6, 6.07) is 0. The van der Waals surface area contributed by atoms with E-state index in [1.54, 1.807) is 0 Å². The fourth-order valence-electron chi connectivity index (χ4n) is 2.40. The Balaban J connectivity index is 2.24. The van der Waals surface area contributed by atoms with Gasteiger partial charge in [0.2, 0.25) is 0 Å². The van der Waals surface area contributed by atoms with Gasteiger partial charge in [0, 0.05) is 33.3 Å². The summed E-state index contributed by atoms with van der Waals surface area (Å²) in [5.41, 5.74) is 0.359. The Hall–Kier alpha value is -0.120. The van der Waals surface area contributed by atoms with Gasteiger partial charge in [-0.3, -0.25) is 0 Å². The number of nitrogens with one attached hydrogen (secondary N) is 1. The van der Waals surface area contributed by atoms with Crippen molar-refractivity contribution in [1.29, 1.82) is 0 Å². The monoisotopic (exact) mass is 228 g/mol. The standard InChI is InChI=1S/C13H28N2O/c1-5-7-14-10-13(2,3)11-15-8-6-12(9-15)16-4/h12,14H,5-11H2,1-4H3. The van der Waals surface area contributed by atoms with E-state index in [-0.39, 0.29) is 0 Å². The van der Waals surface area contributed by atoms with Crippen molar-refractivity contribution < 1.29 is 4.74 Å². The normalized spacial score (nSPS) is 22.9. The number of methoxy groups -OCH3 is 1. The maximum atomic E-state index is 5.40. The summed E-state index contributed by atoms with van der Waals surface area (Å²) in [5, 5.41) is 3.52. The first kappa shape index (κ1) is 13.9. The number of hydrogen-bond donors (Lipinski definition) is 1. The van der Waals surface area contributed by atoms with Crippen LogP contribution in [-0.2, 0) is 4.74 Å². The van der Waals surface area contributed by atoms with Crippen molar-refractivity contribution in [3.63, 3.8) is 0 Å². The molecule has 1 unspecified atom stereocenters. The van der Waals surface area contributed by atoms with Gasteiger partial charge in [-0.2, -0.15) is 0 Å². The van der Waals surface area contributed by atoms with Crippen molar-refractivity contribution in [2.45, 2.75) is 39.7 Å². The summed E-state index contributed by atoms with van der Waals surface area (Å²) in [6.45, 7) is 12.6. The summed E-state index contributed by atoms with van der Waals surface area (Å²) in [4.78, 5) is 2.53. The van der Waals surface area contributed by atoms with E-state index >= 15 is 0 Å². The number of ether oxygens (including phenoxy) is 1. The first-order valence-electron chi connectivity index (χ1n) is 6.53. The van der Waals surface area contributed by atoms with Crippen LogP contribution in [0, 0.1) is 5.41 Å². The fraction of sp³-hybridized carbons (Fsp3) is 1.00. The topological polar surface area (TPSA) is 24.5 Å². The van der Waals surface area contributed by atoms with Crippen molar-refractivity contribution in [3.05, 3.63) is 0 Å². The van der Waals surface area contributed by atoms with Crippen LogP contribution in [0.25, 0.3) is 0 Å². The second-order valence-corrected chi connectivity index (χ2v) is 5.72. The van der Waals surface area contributed by atoms with E-state index in [0.29, 0.717) is 11.5 Å². The van der Waals surface area contributed by atoms with Crippen LogP contribution in [0.3, 0.4) is 0 Å². The second kappa shape index (κ2) is 6.58. The predicted octanol–water partition coefficient (Wildman–Crippen LogP) is 1.73. The second-order valence-electron chi connectivity index (χ2n) is 5.72.